The molecule has 4 rings (SSSR count). The zero-order valence-corrected chi connectivity index (χ0v) is 23.8. The van der Waals surface area contributed by atoms with Gasteiger partial charge >= 0.3 is 18.1 Å². The summed E-state index contributed by atoms with van der Waals surface area (Å²) in [6, 6.07) is 2.03. The number of likely N-dealkylation sites (tertiary alicyclic amines) is 1. The molecule has 14 heteroatoms. The maximum atomic E-state index is 13.9. The lowest BCUT2D eigenvalue weighted by atomic mass is 9.91. The van der Waals surface area contributed by atoms with Crippen LogP contribution in [0.1, 0.15) is 43.7 Å². The van der Waals surface area contributed by atoms with Crippen molar-refractivity contribution in [3.63, 3.8) is 0 Å². The van der Waals surface area contributed by atoms with Gasteiger partial charge in [0.15, 0.2) is 0 Å². The number of halogens is 3. The van der Waals surface area contributed by atoms with Gasteiger partial charge < -0.3 is 19.9 Å². The topological polar surface area (TPSA) is 125 Å². The first-order valence-corrected chi connectivity index (χ1v) is 15.1. The molecule has 0 unspecified atom stereocenters. The first kappa shape index (κ1) is 31.0. The Morgan fingerprint density at radius 2 is 1.95 bits per heavy atom. The number of fused-ring (bicyclic) bond motifs is 1. The second-order valence-electron chi connectivity index (χ2n) is 10.8. The fourth-order valence-electron chi connectivity index (χ4n) is 5.57. The molecule has 10 nitrogen and oxygen atoms in total. The number of carbonyl (C=O) groups excluding carboxylic acids is 3. The van der Waals surface area contributed by atoms with Crippen molar-refractivity contribution in [3.8, 4) is 0 Å². The first-order valence-electron chi connectivity index (χ1n) is 13.6. The van der Waals surface area contributed by atoms with E-state index < -0.39 is 46.1 Å². The second kappa shape index (κ2) is 12.5. The Morgan fingerprint density at radius 3 is 2.61 bits per heavy atom. The second-order valence-corrected chi connectivity index (χ2v) is 12.5. The first-order chi connectivity index (χ1) is 19.3. The van der Waals surface area contributed by atoms with E-state index in [4.69, 9.17) is 4.74 Å². The summed E-state index contributed by atoms with van der Waals surface area (Å²) >= 11 is 0. The summed E-state index contributed by atoms with van der Waals surface area (Å²) in [5.41, 5.74) is 1.77. The molecule has 226 valence electrons. The third-order valence-electron chi connectivity index (χ3n) is 7.82. The number of amides is 2. The molecule has 2 amide bonds. The minimum absolute atomic E-state index is 0.0732. The highest BCUT2D eigenvalue weighted by Gasteiger charge is 2.43. The Bertz CT molecular complexity index is 1320. The van der Waals surface area contributed by atoms with Gasteiger partial charge in [-0.05, 0) is 67.8 Å². The van der Waals surface area contributed by atoms with Crippen molar-refractivity contribution in [3.05, 3.63) is 41.0 Å². The number of esters is 1. The van der Waals surface area contributed by atoms with Crippen molar-refractivity contribution in [1.29, 1.82) is 0 Å². The molecule has 41 heavy (non-hydrogen) atoms. The molecule has 0 radical (unpaired) electrons. The number of nitrogens with zero attached hydrogens (tertiary/aromatic N) is 2. The number of hydrogen-bond acceptors (Lipinski definition) is 7. The van der Waals surface area contributed by atoms with Gasteiger partial charge in [-0.25, -0.2) is 13.2 Å². The number of carbonyl (C=O) groups is 3. The van der Waals surface area contributed by atoms with Gasteiger partial charge in [0.25, 0.3) is 0 Å². The minimum Gasteiger partial charge on any atom is -0.467 e. The zero-order valence-electron chi connectivity index (χ0n) is 23.0. The fourth-order valence-corrected chi connectivity index (χ4v) is 6.81. The SMILES string of the molecule is COC(=O)[C@@H]1C[C@H](C)CCN1C(=O)[C@H](CC1=CCCNC1)NS(=O)(=O)c1ccc2c(c1)CN(C(=O)C(F)(F)F)CC2. The van der Waals surface area contributed by atoms with Crippen LogP contribution in [0, 0.1) is 5.92 Å². The average molecular weight is 601 g/mol. The summed E-state index contributed by atoms with van der Waals surface area (Å²) < 4.78 is 73.6. The molecule has 1 fully saturated rings. The molecule has 0 aliphatic carbocycles. The summed E-state index contributed by atoms with van der Waals surface area (Å²) in [6.45, 7) is 2.94. The summed E-state index contributed by atoms with van der Waals surface area (Å²) in [5, 5.41) is 3.20. The third-order valence-corrected chi connectivity index (χ3v) is 9.29. The Morgan fingerprint density at radius 1 is 1.20 bits per heavy atom. The van der Waals surface area contributed by atoms with Crippen LogP contribution in [0.5, 0.6) is 0 Å². The molecule has 0 aromatic heterocycles. The molecule has 0 spiro atoms. The largest absolute Gasteiger partial charge is 0.471 e. The number of nitrogens with one attached hydrogen (secondary N) is 2. The van der Waals surface area contributed by atoms with E-state index in [1.165, 1.54) is 30.2 Å². The molecule has 1 aromatic rings. The predicted octanol–water partition coefficient (Wildman–Crippen LogP) is 1.89. The number of alkyl halides is 3. The number of hydrogen-bond donors (Lipinski definition) is 2. The van der Waals surface area contributed by atoms with Crippen molar-refractivity contribution >= 4 is 27.8 Å². The van der Waals surface area contributed by atoms with E-state index in [9.17, 15) is 36.0 Å². The van der Waals surface area contributed by atoms with Gasteiger partial charge in [-0.1, -0.05) is 24.6 Å². The lowest BCUT2D eigenvalue weighted by Crippen LogP contribution is -2.56. The molecule has 1 aromatic carbocycles. The Balaban J connectivity index is 1.61. The lowest BCUT2D eigenvalue weighted by molar-refractivity contribution is -0.186. The molecule has 3 atom stereocenters. The number of rotatable bonds is 7. The standard InChI is InChI=1S/C27H35F3N4O6S/c1-17-7-11-34(23(12-17)25(36)40-2)24(35)22(13-18-4-3-9-31-15-18)32-41(38,39)21-6-5-19-8-10-33(16-20(19)14-21)26(37)27(28,29)30/h4-6,14,17,22-23,31-32H,3,7-13,15-16H2,1-2H3/t17-,22+,23+/m1/s1. The van der Waals surface area contributed by atoms with E-state index in [2.05, 4.69) is 10.0 Å². The van der Waals surface area contributed by atoms with Crippen molar-refractivity contribution in [2.24, 2.45) is 5.92 Å². The van der Waals surface area contributed by atoms with Crippen LogP contribution in [0.2, 0.25) is 0 Å². The van der Waals surface area contributed by atoms with Gasteiger partial charge in [-0.15, -0.1) is 0 Å². The quantitative estimate of drug-likeness (QED) is 0.362. The highest BCUT2D eigenvalue weighted by molar-refractivity contribution is 7.89. The highest BCUT2D eigenvalue weighted by Crippen LogP contribution is 2.28. The smallest absolute Gasteiger partial charge is 0.467 e. The lowest BCUT2D eigenvalue weighted by Gasteiger charge is -2.38. The molecule has 0 saturated carbocycles. The maximum Gasteiger partial charge on any atom is 0.471 e. The molecule has 3 aliphatic rings. The number of sulfonamides is 1. The number of ether oxygens (including phenoxy) is 1. The van der Waals surface area contributed by atoms with Gasteiger partial charge in [0.2, 0.25) is 15.9 Å². The van der Waals surface area contributed by atoms with Crippen LogP contribution in [-0.4, -0.2) is 87.6 Å². The Kier molecular flexibility index (Phi) is 9.44. The maximum absolute atomic E-state index is 13.9. The minimum atomic E-state index is -5.03. The van der Waals surface area contributed by atoms with Crippen molar-refractivity contribution in [2.45, 2.75) is 68.7 Å². The van der Waals surface area contributed by atoms with Crippen LogP contribution in [-0.2, 0) is 42.1 Å². The molecule has 2 N–H and O–H groups in total. The van der Waals surface area contributed by atoms with E-state index >= 15 is 0 Å². The van der Waals surface area contributed by atoms with E-state index in [1.54, 1.807) is 0 Å². The van der Waals surface area contributed by atoms with Gasteiger partial charge in [0, 0.05) is 26.2 Å². The third kappa shape index (κ3) is 7.28. The van der Waals surface area contributed by atoms with E-state index in [0.29, 0.717) is 36.3 Å². The van der Waals surface area contributed by atoms with E-state index in [1.807, 2.05) is 13.0 Å². The average Bonchev–Trinajstić information content (AvgIpc) is 2.95. The zero-order chi connectivity index (χ0) is 29.9. The summed E-state index contributed by atoms with van der Waals surface area (Å²) in [7, 11) is -3.10. The fraction of sp³-hybridized carbons (Fsp3) is 0.593. The van der Waals surface area contributed by atoms with Gasteiger partial charge in [-0.3, -0.25) is 9.59 Å². The van der Waals surface area contributed by atoms with Crippen LogP contribution in [0.15, 0.2) is 34.7 Å². The Labute approximate surface area is 237 Å². The van der Waals surface area contributed by atoms with E-state index in [0.717, 1.165) is 12.1 Å². The van der Waals surface area contributed by atoms with Crippen molar-refractivity contribution in [2.75, 3.05) is 33.3 Å². The van der Waals surface area contributed by atoms with Crippen molar-refractivity contribution < 1.29 is 40.7 Å². The summed E-state index contributed by atoms with van der Waals surface area (Å²) in [5.74, 6) is -2.94. The highest BCUT2D eigenvalue weighted by atomic mass is 32.2. The number of methoxy groups -OCH3 is 1. The summed E-state index contributed by atoms with van der Waals surface area (Å²) in [6.07, 6.45) is -1.12. The van der Waals surface area contributed by atoms with Crippen molar-refractivity contribution in [1.82, 2.24) is 19.8 Å². The molecular formula is C27H35F3N4O6S. The molecule has 3 heterocycles. The van der Waals surface area contributed by atoms with Crippen LogP contribution in [0.3, 0.4) is 0 Å². The number of piperidine rings is 1. The van der Waals surface area contributed by atoms with Crippen LogP contribution < -0.4 is 10.0 Å². The van der Waals surface area contributed by atoms with Gasteiger partial charge in [0.05, 0.1) is 12.0 Å². The summed E-state index contributed by atoms with van der Waals surface area (Å²) in [4.78, 5) is 40.0. The number of benzene rings is 1. The predicted molar refractivity (Wildman–Crippen MR) is 142 cm³/mol. The van der Waals surface area contributed by atoms with E-state index in [-0.39, 0.29) is 48.9 Å². The van der Waals surface area contributed by atoms with Crippen LogP contribution >= 0.6 is 0 Å². The monoisotopic (exact) mass is 600 g/mol. The molecule has 3 aliphatic heterocycles. The molecular weight excluding hydrogens is 565 g/mol. The molecule has 1 saturated heterocycles. The van der Waals surface area contributed by atoms with Gasteiger partial charge in [-0.2, -0.15) is 17.9 Å². The van der Waals surface area contributed by atoms with Gasteiger partial charge in [0.1, 0.15) is 12.1 Å². The Hall–Kier alpha value is -2.97. The normalized spacial score (nSPS) is 22.4. The van der Waals surface area contributed by atoms with Crippen LogP contribution in [0.25, 0.3) is 0 Å². The van der Waals surface area contributed by atoms with Crippen LogP contribution in [0.4, 0.5) is 13.2 Å². The molecule has 0 bridgehead atoms.